The first-order valence-corrected chi connectivity index (χ1v) is 6.86. The number of aromatic nitrogens is 2. The third-order valence-corrected chi connectivity index (χ3v) is 3.79. The third-order valence-electron chi connectivity index (χ3n) is 3.51. The zero-order valence-corrected chi connectivity index (χ0v) is 11.4. The Labute approximate surface area is 112 Å². The fraction of sp³-hybridized carbons (Fsp3) is 0.692. The van der Waals surface area contributed by atoms with Crippen molar-refractivity contribution in [2.24, 2.45) is 5.92 Å². The minimum atomic E-state index is 0.120. The van der Waals surface area contributed by atoms with Crippen LogP contribution in [0.5, 0.6) is 0 Å². The van der Waals surface area contributed by atoms with Crippen LogP contribution in [0, 0.1) is 5.92 Å². The molecule has 18 heavy (non-hydrogen) atoms. The molecule has 0 aromatic carbocycles. The number of methoxy groups -OCH3 is 1. The van der Waals surface area contributed by atoms with E-state index in [1.54, 1.807) is 18.0 Å². The average molecular weight is 271 g/mol. The molecule has 0 bridgehead atoms. The molecule has 0 aliphatic heterocycles. The number of hydrogen-bond donors (Lipinski definition) is 0. The monoisotopic (exact) mass is 270 g/mol. The molecule has 0 spiro atoms. The Morgan fingerprint density at radius 3 is 2.89 bits per heavy atom. The van der Waals surface area contributed by atoms with Gasteiger partial charge >= 0.3 is 0 Å². The van der Waals surface area contributed by atoms with Crippen molar-refractivity contribution in [3.05, 3.63) is 16.9 Å². The molecule has 1 heterocycles. The number of ketones is 1. The SMILES string of the molecule is COCCn1ncc(Cl)c1C(=O)C1CCCCC1. The quantitative estimate of drug-likeness (QED) is 0.773. The van der Waals surface area contributed by atoms with E-state index in [-0.39, 0.29) is 11.7 Å². The normalized spacial score (nSPS) is 17.0. The van der Waals surface area contributed by atoms with Crippen LogP contribution < -0.4 is 0 Å². The number of halogens is 1. The minimum absolute atomic E-state index is 0.120. The summed E-state index contributed by atoms with van der Waals surface area (Å²) in [6, 6.07) is 0. The first-order chi connectivity index (χ1) is 8.74. The smallest absolute Gasteiger partial charge is 0.185 e. The molecular weight excluding hydrogens is 252 g/mol. The Morgan fingerprint density at radius 1 is 1.50 bits per heavy atom. The number of carbonyl (C=O) groups excluding carboxylic acids is 1. The second kappa shape index (κ2) is 6.34. The highest BCUT2D eigenvalue weighted by Gasteiger charge is 2.27. The Hall–Kier alpha value is -0.870. The maximum atomic E-state index is 12.5. The van der Waals surface area contributed by atoms with Gasteiger partial charge in [0.2, 0.25) is 0 Å². The first-order valence-electron chi connectivity index (χ1n) is 6.48. The van der Waals surface area contributed by atoms with Crippen molar-refractivity contribution < 1.29 is 9.53 Å². The molecule has 4 nitrogen and oxygen atoms in total. The Kier molecular flexibility index (Phi) is 4.78. The van der Waals surface area contributed by atoms with Gasteiger partial charge in [-0.15, -0.1) is 0 Å². The van der Waals surface area contributed by atoms with Gasteiger partial charge < -0.3 is 4.74 Å². The number of carbonyl (C=O) groups is 1. The molecule has 5 heteroatoms. The lowest BCUT2D eigenvalue weighted by Gasteiger charge is -2.20. The largest absolute Gasteiger partial charge is 0.383 e. The van der Waals surface area contributed by atoms with Crippen LogP contribution in [0.4, 0.5) is 0 Å². The van der Waals surface area contributed by atoms with Gasteiger partial charge in [0.1, 0.15) is 5.69 Å². The molecule has 100 valence electrons. The lowest BCUT2D eigenvalue weighted by atomic mass is 9.85. The molecule has 0 unspecified atom stereocenters. The summed E-state index contributed by atoms with van der Waals surface area (Å²) in [5, 5.41) is 4.61. The number of rotatable bonds is 5. The fourth-order valence-electron chi connectivity index (χ4n) is 2.51. The van der Waals surface area contributed by atoms with E-state index < -0.39 is 0 Å². The predicted molar refractivity (Wildman–Crippen MR) is 70.0 cm³/mol. The Balaban J connectivity index is 2.14. The number of nitrogens with zero attached hydrogens (tertiary/aromatic N) is 2. The molecular formula is C13H19ClN2O2. The zero-order chi connectivity index (χ0) is 13.0. The predicted octanol–water partition coefficient (Wildman–Crippen LogP) is 2.95. The maximum absolute atomic E-state index is 12.5. The van der Waals surface area contributed by atoms with E-state index in [2.05, 4.69) is 5.10 Å². The average Bonchev–Trinajstić information content (AvgIpc) is 2.77. The first kappa shape index (κ1) is 13.6. The van der Waals surface area contributed by atoms with Gasteiger partial charge in [-0.3, -0.25) is 9.48 Å². The molecule has 1 aliphatic carbocycles. The lowest BCUT2D eigenvalue weighted by molar-refractivity contribution is 0.0875. The van der Waals surface area contributed by atoms with Crippen LogP contribution in [0.15, 0.2) is 6.20 Å². The minimum Gasteiger partial charge on any atom is -0.383 e. The number of Topliss-reactive ketones (excluding diaryl/α,β-unsaturated/α-hetero) is 1. The summed E-state index contributed by atoms with van der Waals surface area (Å²) in [7, 11) is 1.63. The molecule has 0 amide bonds. The Morgan fingerprint density at radius 2 is 2.22 bits per heavy atom. The molecule has 1 aromatic rings. The number of ether oxygens (including phenoxy) is 1. The second-order valence-electron chi connectivity index (χ2n) is 4.76. The van der Waals surface area contributed by atoms with Crippen LogP contribution in [-0.2, 0) is 11.3 Å². The van der Waals surface area contributed by atoms with Gasteiger partial charge in [-0.25, -0.2) is 0 Å². The van der Waals surface area contributed by atoms with E-state index in [1.807, 2.05) is 0 Å². The van der Waals surface area contributed by atoms with Gasteiger partial charge in [0.15, 0.2) is 5.78 Å². The molecule has 0 N–H and O–H groups in total. The van der Waals surface area contributed by atoms with Crippen molar-refractivity contribution in [1.29, 1.82) is 0 Å². The van der Waals surface area contributed by atoms with Crippen LogP contribution in [0.1, 0.15) is 42.6 Å². The molecule has 0 atom stereocenters. The third kappa shape index (κ3) is 2.93. The van der Waals surface area contributed by atoms with Crippen molar-refractivity contribution in [3.63, 3.8) is 0 Å². The standard InChI is InChI=1S/C13H19ClN2O2/c1-18-8-7-16-12(11(14)9-15-16)13(17)10-5-3-2-4-6-10/h9-10H,2-8H2,1H3. The molecule has 1 saturated carbocycles. The summed E-state index contributed by atoms with van der Waals surface area (Å²) in [5.74, 6) is 0.266. The summed E-state index contributed by atoms with van der Waals surface area (Å²) in [5.41, 5.74) is 0.556. The van der Waals surface area contributed by atoms with Crippen LogP contribution in [0.25, 0.3) is 0 Å². The topological polar surface area (TPSA) is 44.1 Å². The number of hydrogen-bond acceptors (Lipinski definition) is 3. The zero-order valence-electron chi connectivity index (χ0n) is 10.7. The highest BCUT2D eigenvalue weighted by atomic mass is 35.5. The van der Waals surface area contributed by atoms with Crippen LogP contribution in [0.2, 0.25) is 5.02 Å². The summed E-state index contributed by atoms with van der Waals surface area (Å²) in [6.07, 6.45) is 7.02. The van der Waals surface area contributed by atoms with Crippen LogP contribution >= 0.6 is 11.6 Å². The van der Waals surface area contributed by atoms with E-state index >= 15 is 0 Å². The van der Waals surface area contributed by atoms with Crippen LogP contribution in [-0.4, -0.2) is 29.3 Å². The van der Waals surface area contributed by atoms with Gasteiger partial charge in [-0.05, 0) is 12.8 Å². The fourth-order valence-corrected chi connectivity index (χ4v) is 2.75. The van der Waals surface area contributed by atoms with Gasteiger partial charge in [-0.2, -0.15) is 5.10 Å². The molecule has 1 fully saturated rings. The summed E-state index contributed by atoms with van der Waals surface area (Å²) in [4.78, 5) is 12.5. The van der Waals surface area contributed by atoms with Crippen molar-refractivity contribution in [2.75, 3.05) is 13.7 Å². The van der Waals surface area contributed by atoms with Crippen molar-refractivity contribution >= 4 is 17.4 Å². The van der Waals surface area contributed by atoms with Gasteiger partial charge in [0, 0.05) is 13.0 Å². The van der Waals surface area contributed by atoms with Crippen molar-refractivity contribution in [1.82, 2.24) is 9.78 Å². The maximum Gasteiger partial charge on any atom is 0.185 e. The summed E-state index contributed by atoms with van der Waals surface area (Å²) in [6.45, 7) is 1.10. The van der Waals surface area contributed by atoms with Gasteiger partial charge in [0.25, 0.3) is 0 Å². The molecule has 0 radical (unpaired) electrons. The van der Waals surface area contributed by atoms with E-state index in [0.717, 1.165) is 25.7 Å². The van der Waals surface area contributed by atoms with Crippen LogP contribution in [0.3, 0.4) is 0 Å². The Bertz CT molecular complexity index is 411. The molecule has 1 aromatic heterocycles. The second-order valence-corrected chi connectivity index (χ2v) is 5.16. The van der Waals surface area contributed by atoms with E-state index in [9.17, 15) is 4.79 Å². The molecule has 1 aliphatic rings. The summed E-state index contributed by atoms with van der Waals surface area (Å²) < 4.78 is 6.69. The van der Waals surface area contributed by atoms with Crippen molar-refractivity contribution in [2.45, 2.75) is 38.6 Å². The van der Waals surface area contributed by atoms with E-state index in [4.69, 9.17) is 16.3 Å². The van der Waals surface area contributed by atoms with E-state index in [0.29, 0.717) is 23.9 Å². The molecule has 0 saturated heterocycles. The van der Waals surface area contributed by atoms with Gasteiger partial charge in [-0.1, -0.05) is 30.9 Å². The summed E-state index contributed by atoms with van der Waals surface area (Å²) >= 11 is 6.09. The lowest BCUT2D eigenvalue weighted by Crippen LogP contribution is -2.22. The highest BCUT2D eigenvalue weighted by molar-refractivity contribution is 6.33. The van der Waals surface area contributed by atoms with Crippen molar-refractivity contribution in [3.8, 4) is 0 Å². The van der Waals surface area contributed by atoms with E-state index in [1.165, 1.54) is 6.42 Å². The highest BCUT2D eigenvalue weighted by Crippen LogP contribution is 2.29. The molecule has 2 rings (SSSR count). The van der Waals surface area contributed by atoms with Gasteiger partial charge in [0.05, 0.1) is 24.4 Å².